The van der Waals surface area contributed by atoms with Gasteiger partial charge in [-0.3, -0.25) is 9.59 Å². The van der Waals surface area contributed by atoms with Gasteiger partial charge in [-0.05, 0) is 25.5 Å². The minimum atomic E-state index is -0.201. The second kappa shape index (κ2) is 10.7. The van der Waals surface area contributed by atoms with Crippen LogP contribution in [0.2, 0.25) is 0 Å². The number of rotatable bonds is 5. The number of methoxy groups -OCH3 is 1. The number of carbonyl (C=O) groups is 2. The monoisotopic (exact) mass is 417 g/mol. The highest BCUT2D eigenvalue weighted by molar-refractivity contribution is 5.86. The predicted octanol–water partition coefficient (Wildman–Crippen LogP) is 0.971. The summed E-state index contributed by atoms with van der Waals surface area (Å²) in [6.45, 7) is 4.66. The number of amides is 2. The molecule has 0 radical (unpaired) electrons. The van der Waals surface area contributed by atoms with E-state index in [2.05, 4.69) is 22.2 Å². The maximum atomic E-state index is 13.0. The molecule has 0 aliphatic carbocycles. The normalized spacial score (nSPS) is 24.2. The third-order valence-corrected chi connectivity index (χ3v) is 6.21. The first kappa shape index (κ1) is 22.5. The summed E-state index contributed by atoms with van der Waals surface area (Å²) >= 11 is 0. The lowest BCUT2D eigenvalue weighted by atomic mass is 9.95. The third-order valence-electron chi connectivity index (χ3n) is 6.21. The van der Waals surface area contributed by atoms with Gasteiger partial charge >= 0.3 is 0 Å². The topological polar surface area (TPSA) is 78.0 Å². The van der Waals surface area contributed by atoms with Crippen LogP contribution < -0.4 is 10.1 Å². The Morgan fingerprint density at radius 3 is 2.63 bits per heavy atom. The van der Waals surface area contributed by atoms with Gasteiger partial charge in [0, 0.05) is 77.0 Å². The Hall–Kier alpha value is -2.19. The molecule has 8 heteroatoms. The van der Waals surface area contributed by atoms with Crippen molar-refractivity contribution in [3.05, 3.63) is 23.9 Å². The molecule has 1 N–H and O–H groups in total. The van der Waals surface area contributed by atoms with Gasteiger partial charge in [-0.25, -0.2) is 4.98 Å². The second-order valence-corrected chi connectivity index (χ2v) is 8.52. The van der Waals surface area contributed by atoms with Crippen molar-refractivity contribution >= 4 is 11.8 Å². The molecule has 2 aliphatic heterocycles. The molecule has 2 amide bonds. The number of carbonyl (C=O) groups excluding carboxylic acids is 2. The number of ether oxygens (including phenoxy) is 1. The van der Waals surface area contributed by atoms with Gasteiger partial charge in [-0.1, -0.05) is 12.5 Å². The van der Waals surface area contributed by atoms with Crippen LogP contribution in [0.1, 0.15) is 31.2 Å². The van der Waals surface area contributed by atoms with Crippen molar-refractivity contribution in [1.82, 2.24) is 25.0 Å². The van der Waals surface area contributed by atoms with Crippen molar-refractivity contribution in [2.24, 2.45) is 5.92 Å². The molecule has 2 fully saturated rings. The first-order valence-corrected chi connectivity index (χ1v) is 10.9. The largest absolute Gasteiger partial charge is 0.481 e. The molecule has 166 valence electrons. The number of piperazine rings is 1. The van der Waals surface area contributed by atoms with Crippen molar-refractivity contribution in [3.63, 3.8) is 0 Å². The van der Waals surface area contributed by atoms with E-state index < -0.39 is 0 Å². The minimum absolute atomic E-state index is 0.0577. The molecule has 30 heavy (non-hydrogen) atoms. The van der Waals surface area contributed by atoms with E-state index in [1.807, 2.05) is 24.1 Å². The fraction of sp³-hybridized carbons (Fsp3) is 0.682. The average Bonchev–Trinajstić information content (AvgIpc) is 2.82. The van der Waals surface area contributed by atoms with Crippen molar-refractivity contribution in [2.45, 2.75) is 38.3 Å². The van der Waals surface area contributed by atoms with Gasteiger partial charge in [0.15, 0.2) is 0 Å². The molecule has 2 saturated heterocycles. The standard InChI is InChI=1S/C22H35N5O3/c1-25-9-11-27(12-10-25)22(29)18-5-4-6-19(16-26(2)21(28)13-18)23-14-17-7-8-20(30-3)24-15-17/h7-8,15,18-19,23H,4-6,9-14,16H2,1-3H3. The van der Waals surface area contributed by atoms with Crippen molar-refractivity contribution in [1.29, 1.82) is 0 Å². The maximum absolute atomic E-state index is 13.0. The lowest BCUT2D eigenvalue weighted by molar-refractivity contribution is -0.142. The third kappa shape index (κ3) is 6.15. The molecule has 3 heterocycles. The van der Waals surface area contributed by atoms with E-state index in [1.165, 1.54) is 0 Å². The molecule has 0 spiro atoms. The number of aromatic nitrogens is 1. The Morgan fingerprint density at radius 1 is 1.20 bits per heavy atom. The molecule has 0 saturated carbocycles. The van der Waals surface area contributed by atoms with Crippen LogP contribution in [0.3, 0.4) is 0 Å². The predicted molar refractivity (Wildman–Crippen MR) is 115 cm³/mol. The molecular formula is C22H35N5O3. The quantitative estimate of drug-likeness (QED) is 0.769. The summed E-state index contributed by atoms with van der Waals surface area (Å²) in [5, 5.41) is 3.56. The Labute approximate surface area is 179 Å². The van der Waals surface area contributed by atoms with E-state index >= 15 is 0 Å². The van der Waals surface area contributed by atoms with Gasteiger partial charge in [-0.15, -0.1) is 0 Å². The highest BCUT2D eigenvalue weighted by Crippen LogP contribution is 2.21. The lowest BCUT2D eigenvalue weighted by Crippen LogP contribution is -2.49. The number of nitrogens with one attached hydrogen (secondary N) is 1. The van der Waals surface area contributed by atoms with Gasteiger partial charge < -0.3 is 24.8 Å². The fourth-order valence-corrected chi connectivity index (χ4v) is 4.16. The smallest absolute Gasteiger partial charge is 0.226 e. The maximum Gasteiger partial charge on any atom is 0.226 e. The molecule has 1 aromatic heterocycles. The van der Waals surface area contributed by atoms with E-state index in [4.69, 9.17) is 4.74 Å². The summed E-state index contributed by atoms with van der Waals surface area (Å²) in [6.07, 6.45) is 4.77. The Bertz CT molecular complexity index is 703. The van der Waals surface area contributed by atoms with Gasteiger partial charge in [-0.2, -0.15) is 0 Å². The van der Waals surface area contributed by atoms with E-state index in [0.29, 0.717) is 25.4 Å². The molecule has 2 atom stereocenters. The summed E-state index contributed by atoms with van der Waals surface area (Å²) in [5.41, 5.74) is 1.08. The minimum Gasteiger partial charge on any atom is -0.481 e. The number of likely N-dealkylation sites (N-methyl/N-ethyl adjacent to an activating group) is 2. The van der Waals surface area contributed by atoms with E-state index in [0.717, 1.165) is 51.0 Å². The number of hydrogen-bond donors (Lipinski definition) is 1. The van der Waals surface area contributed by atoms with Gasteiger partial charge in [0.1, 0.15) is 0 Å². The zero-order valence-corrected chi connectivity index (χ0v) is 18.5. The summed E-state index contributed by atoms with van der Waals surface area (Å²) in [4.78, 5) is 36.0. The Balaban J connectivity index is 1.56. The van der Waals surface area contributed by atoms with Crippen LogP contribution in [-0.4, -0.2) is 91.5 Å². The first-order chi connectivity index (χ1) is 14.5. The van der Waals surface area contributed by atoms with E-state index in [1.54, 1.807) is 18.2 Å². The Kier molecular flexibility index (Phi) is 8.04. The van der Waals surface area contributed by atoms with Crippen LogP contribution in [0.5, 0.6) is 5.88 Å². The van der Waals surface area contributed by atoms with Crippen LogP contribution >= 0.6 is 0 Å². The second-order valence-electron chi connectivity index (χ2n) is 8.52. The highest BCUT2D eigenvalue weighted by Gasteiger charge is 2.31. The zero-order valence-electron chi connectivity index (χ0n) is 18.5. The number of hydrogen-bond acceptors (Lipinski definition) is 6. The molecule has 0 bridgehead atoms. The van der Waals surface area contributed by atoms with Crippen molar-refractivity contribution in [2.75, 3.05) is 53.9 Å². The van der Waals surface area contributed by atoms with Gasteiger partial charge in [0.25, 0.3) is 0 Å². The van der Waals surface area contributed by atoms with Crippen LogP contribution in [0.15, 0.2) is 18.3 Å². The lowest BCUT2D eigenvalue weighted by Gasteiger charge is -2.34. The fourth-order valence-electron chi connectivity index (χ4n) is 4.16. The van der Waals surface area contributed by atoms with Gasteiger partial charge in [0.2, 0.25) is 17.7 Å². The molecule has 1 aromatic rings. The van der Waals surface area contributed by atoms with E-state index in [-0.39, 0.29) is 23.8 Å². The number of pyridine rings is 1. The molecule has 0 aromatic carbocycles. The summed E-state index contributed by atoms with van der Waals surface area (Å²) < 4.78 is 5.10. The number of nitrogens with zero attached hydrogens (tertiary/aromatic N) is 4. The molecule has 2 aliphatic rings. The summed E-state index contributed by atoms with van der Waals surface area (Å²) in [7, 11) is 5.52. The average molecular weight is 418 g/mol. The van der Waals surface area contributed by atoms with Crippen molar-refractivity contribution in [3.8, 4) is 5.88 Å². The van der Waals surface area contributed by atoms with Crippen LogP contribution in [0, 0.1) is 5.92 Å². The molecule has 3 rings (SSSR count). The zero-order chi connectivity index (χ0) is 21.5. The van der Waals surface area contributed by atoms with Gasteiger partial charge in [0.05, 0.1) is 7.11 Å². The first-order valence-electron chi connectivity index (χ1n) is 10.9. The Morgan fingerprint density at radius 2 is 1.97 bits per heavy atom. The highest BCUT2D eigenvalue weighted by atomic mass is 16.5. The molecular weight excluding hydrogens is 382 g/mol. The molecule has 8 nitrogen and oxygen atoms in total. The van der Waals surface area contributed by atoms with Crippen LogP contribution in [0.25, 0.3) is 0 Å². The van der Waals surface area contributed by atoms with E-state index in [9.17, 15) is 9.59 Å². The summed E-state index contributed by atoms with van der Waals surface area (Å²) in [5.74, 6) is 0.610. The SMILES string of the molecule is COc1ccc(CNC2CCCC(C(=O)N3CCN(C)CC3)CC(=O)N(C)C2)cn1. The van der Waals surface area contributed by atoms with Crippen LogP contribution in [0.4, 0.5) is 0 Å². The summed E-state index contributed by atoms with van der Waals surface area (Å²) in [6, 6.07) is 4.04. The van der Waals surface area contributed by atoms with Crippen molar-refractivity contribution < 1.29 is 14.3 Å². The molecule has 2 unspecified atom stereocenters. The van der Waals surface area contributed by atoms with Crippen LogP contribution in [-0.2, 0) is 16.1 Å².